The third-order valence-corrected chi connectivity index (χ3v) is 12.4. The first-order chi connectivity index (χ1) is 28.1. The number of benzene rings is 6. The molecule has 6 aromatic rings. The molecule has 4 aliphatic carbocycles. The van der Waals surface area contributed by atoms with Crippen LogP contribution < -0.4 is 11.1 Å². The van der Waals surface area contributed by atoms with Crippen molar-refractivity contribution in [2.24, 2.45) is 5.73 Å². The monoisotopic (exact) mass is 736 g/mol. The molecule has 0 heterocycles. The molecule has 0 amide bonds. The Hall–Kier alpha value is -6.22. The van der Waals surface area contributed by atoms with E-state index in [1.807, 2.05) is 0 Å². The van der Waals surface area contributed by atoms with E-state index in [0.717, 1.165) is 56.9 Å². The highest BCUT2D eigenvalue weighted by molar-refractivity contribution is 6.14. The Bertz CT molecular complexity index is 2830. The van der Waals surface area contributed by atoms with Crippen LogP contribution in [0.1, 0.15) is 77.5 Å². The number of hydrogen-bond donors (Lipinski definition) is 2. The van der Waals surface area contributed by atoms with Gasteiger partial charge in [-0.2, -0.15) is 0 Å². The van der Waals surface area contributed by atoms with Crippen LogP contribution in [-0.2, 0) is 12.8 Å². The summed E-state index contributed by atoms with van der Waals surface area (Å²) in [4.78, 5) is 0. The van der Waals surface area contributed by atoms with Gasteiger partial charge in [0, 0.05) is 17.4 Å². The van der Waals surface area contributed by atoms with Crippen molar-refractivity contribution in [3.8, 4) is 0 Å². The third-order valence-electron chi connectivity index (χ3n) is 12.4. The first kappa shape index (κ1) is 35.2. The summed E-state index contributed by atoms with van der Waals surface area (Å²) < 4.78 is 0. The second-order valence-corrected chi connectivity index (χ2v) is 16.0. The zero-order chi connectivity index (χ0) is 38.1. The second kappa shape index (κ2) is 15.4. The molecule has 0 spiro atoms. The van der Waals surface area contributed by atoms with Gasteiger partial charge in [0.05, 0.1) is 0 Å². The van der Waals surface area contributed by atoms with E-state index in [0.29, 0.717) is 0 Å². The van der Waals surface area contributed by atoms with Crippen LogP contribution in [0.4, 0.5) is 0 Å². The molecule has 1 atom stereocenters. The molecule has 2 nitrogen and oxygen atoms in total. The summed E-state index contributed by atoms with van der Waals surface area (Å²) in [5.74, 6) is 0. The van der Waals surface area contributed by atoms with Crippen LogP contribution in [0.15, 0.2) is 169 Å². The summed E-state index contributed by atoms with van der Waals surface area (Å²) in [5, 5.41) is 11.9. The molecule has 0 saturated carbocycles. The average molecular weight is 737 g/mol. The summed E-state index contributed by atoms with van der Waals surface area (Å²) in [5.41, 5.74) is 22.7. The number of nitrogens with one attached hydrogen (secondary N) is 1. The maximum Gasteiger partial charge on any atom is 0.0452 e. The van der Waals surface area contributed by atoms with E-state index in [4.69, 9.17) is 5.73 Å². The smallest absolute Gasteiger partial charge is 0.0452 e. The number of allylic oxidation sites excluding steroid dienone is 10. The maximum atomic E-state index is 7.08. The third kappa shape index (κ3) is 7.07. The highest BCUT2D eigenvalue weighted by Gasteiger charge is 2.21. The average Bonchev–Trinajstić information content (AvgIpc) is 3.27. The van der Waals surface area contributed by atoms with Gasteiger partial charge in [0.2, 0.25) is 0 Å². The van der Waals surface area contributed by atoms with Gasteiger partial charge in [-0.15, -0.1) is 0 Å². The van der Waals surface area contributed by atoms with Crippen LogP contribution >= 0.6 is 0 Å². The molecule has 10 rings (SSSR count). The number of hydrogen-bond acceptors (Lipinski definition) is 2. The van der Waals surface area contributed by atoms with E-state index < -0.39 is 0 Å². The lowest BCUT2D eigenvalue weighted by Crippen LogP contribution is -2.23. The topological polar surface area (TPSA) is 38.0 Å². The zero-order valence-electron chi connectivity index (χ0n) is 32.5. The lowest BCUT2D eigenvalue weighted by Gasteiger charge is -2.25. The number of rotatable bonds is 8. The molecule has 1 unspecified atom stereocenters. The van der Waals surface area contributed by atoms with Gasteiger partial charge in [0.25, 0.3) is 0 Å². The minimum Gasteiger partial charge on any atom is -0.359 e. The van der Waals surface area contributed by atoms with Crippen LogP contribution in [0.3, 0.4) is 0 Å². The number of fused-ring (bicyclic) bond motifs is 7. The predicted octanol–water partition coefficient (Wildman–Crippen LogP) is 13.4. The Kier molecular flexibility index (Phi) is 9.50. The Morgan fingerprint density at radius 1 is 0.632 bits per heavy atom. The summed E-state index contributed by atoms with van der Waals surface area (Å²) in [7, 11) is 0. The molecular formula is C55H48N2. The molecule has 57 heavy (non-hydrogen) atoms. The normalized spacial score (nSPS) is 17.2. The molecule has 2 heteroatoms. The van der Waals surface area contributed by atoms with E-state index in [2.05, 4.69) is 175 Å². The van der Waals surface area contributed by atoms with Crippen LogP contribution in [0, 0.1) is 0 Å². The van der Waals surface area contributed by atoms with Gasteiger partial charge < -0.3 is 11.1 Å². The molecule has 278 valence electrons. The van der Waals surface area contributed by atoms with E-state index in [1.165, 1.54) is 93.8 Å². The molecule has 0 radical (unpaired) electrons. The summed E-state index contributed by atoms with van der Waals surface area (Å²) >= 11 is 0. The van der Waals surface area contributed by atoms with Crippen molar-refractivity contribution in [1.82, 2.24) is 5.32 Å². The van der Waals surface area contributed by atoms with Crippen LogP contribution in [0.2, 0.25) is 0 Å². The lowest BCUT2D eigenvalue weighted by molar-refractivity contribution is 0.769. The van der Waals surface area contributed by atoms with Gasteiger partial charge in [0.1, 0.15) is 0 Å². The minimum absolute atomic E-state index is 0.192. The minimum atomic E-state index is -0.192. The van der Waals surface area contributed by atoms with Gasteiger partial charge in [-0.25, -0.2) is 0 Å². The van der Waals surface area contributed by atoms with Crippen molar-refractivity contribution in [3.05, 3.63) is 208 Å². The largest absolute Gasteiger partial charge is 0.359 e. The van der Waals surface area contributed by atoms with Crippen LogP contribution in [-0.4, -0.2) is 6.04 Å². The van der Waals surface area contributed by atoms with E-state index in [9.17, 15) is 0 Å². The van der Waals surface area contributed by atoms with Crippen LogP contribution in [0.5, 0.6) is 0 Å². The quantitative estimate of drug-likeness (QED) is 0.121. The molecule has 6 aromatic carbocycles. The van der Waals surface area contributed by atoms with E-state index >= 15 is 0 Å². The molecule has 0 fully saturated rings. The molecule has 0 aromatic heterocycles. The summed E-state index contributed by atoms with van der Waals surface area (Å²) in [6.45, 7) is 0. The van der Waals surface area contributed by atoms with Crippen molar-refractivity contribution < 1.29 is 0 Å². The highest BCUT2D eigenvalue weighted by Crippen LogP contribution is 2.41. The van der Waals surface area contributed by atoms with Gasteiger partial charge in [-0.3, -0.25) is 0 Å². The predicted molar refractivity (Wildman–Crippen MR) is 245 cm³/mol. The van der Waals surface area contributed by atoms with Gasteiger partial charge in [-0.1, -0.05) is 146 Å². The van der Waals surface area contributed by atoms with Crippen molar-refractivity contribution in [1.29, 1.82) is 0 Å². The molecule has 0 saturated heterocycles. The SMILES string of the molecule is NC(/C=C(\C=C\c1ccc2ccccc2c1)c1ccc2c(c1)CCC=C2)C1=CC=C(NC2=C(c3cc4c(c5ccc6ccccc6c35)CCC=C4)CCC=C2)CC1. The number of aryl methyl sites for hydroxylation is 2. The van der Waals surface area contributed by atoms with Gasteiger partial charge in [0.15, 0.2) is 0 Å². The molecule has 3 N–H and O–H groups in total. The summed E-state index contributed by atoms with van der Waals surface area (Å²) in [6.07, 6.45) is 33.3. The van der Waals surface area contributed by atoms with Gasteiger partial charge in [-0.05, 0) is 164 Å². The lowest BCUT2D eigenvalue weighted by atomic mass is 9.83. The second-order valence-electron chi connectivity index (χ2n) is 16.0. The molecule has 4 aliphatic rings. The van der Waals surface area contributed by atoms with E-state index in [-0.39, 0.29) is 6.04 Å². The fraction of sp³-hybridized carbons (Fsp3) is 0.164. The number of nitrogens with two attached hydrogens (primary N) is 1. The highest BCUT2D eigenvalue weighted by atomic mass is 14.9. The van der Waals surface area contributed by atoms with Crippen molar-refractivity contribution in [2.75, 3.05) is 0 Å². The fourth-order valence-electron chi connectivity index (χ4n) is 9.32. The van der Waals surface area contributed by atoms with Gasteiger partial charge >= 0.3 is 0 Å². The Labute approximate surface area is 336 Å². The molecular weight excluding hydrogens is 689 g/mol. The first-order valence-corrected chi connectivity index (χ1v) is 20.8. The van der Waals surface area contributed by atoms with Crippen molar-refractivity contribution >= 4 is 61.7 Å². The zero-order valence-corrected chi connectivity index (χ0v) is 32.5. The molecule has 0 aliphatic heterocycles. The van der Waals surface area contributed by atoms with E-state index in [1.54, 1.807) is 0 Å². The Balaban J connectivity index is 0.974. The molecule has 0 bridgehead atoms. The van der Waals surface area contributed by atoms with Crippen molar-refractivity contribution in [2.45, 2.75) is 57.4 Å². The Morgan fingerprint density at radius 2 is 1.42 bits per heavy atom. The standard InChI is InChI=1S/C55H48N2/c56-53(36-45(44-26-25-39-12-2-4-15-43(39)34-44)24-22-37-21-23-38-11-1-3-14-42(38)33-37)41-27-30-47(31-28-41)57-54-20-10-9-19-50(54)52-35-46-16-6-7-17-48(46)51-32-29-40-13-5-8-18-49(40)55(51)52/h1-3,5-6,8,10-14,16,18,20-27,29-30,32-36,53,57H,4,7,9,15,17,19,28,31,56H2/b24-22+,45-36+. The Morgan fingerprint density at radius 3 is 2.32 bits per heavy atom. The van der Waals surface area contributed by atoms with Crippen molar-refractivity contribution in [3.63, 3.8) is 0 Å². The van der Waals surface area contributed by atoms with Crippen LogP contribution in [0.25, 0.3) is 61.7 Å². The maximum absolute atomic E-state index is 7.08. The summed E-state index contributed by atoms with van der Waals surface area (Å²) in [6, 6.07) is 37.9. The first-order valence-electron chi connectivity index (χ1n) is 20.8. The fourth-order valence-corrected chi connectivity index (χ4v) is 9.32.